The van der Waals surface area contributed by atoms with Gasteiger partial charge in [0.15, 0.2) is 0 Å². The maximum absolute atomic E-state index is 13.1. The number of nitrogens with zero attached hydrogens (tertiary/aromatic N) is 4. The van der Waals surface area contributed by atoms with Crippen LogP contribution in [0.3, 0.4) is 0 Å². The van der Waals surface area contributed by atoms with E-state index in [9.17, 15) is 4.79 Å². The number of para-hydroxylation sites is 1. The first-order chi connectivity index (χ1) is 14.2. The second kappa shape index (κ2) is 7.52. The fraction of sp³-hybridized carbons (Fsp3) is 0.391. The molecule has 6 nitrogen and oxygen atoms in total. The molecule has 2 bridgehead atoms. The van der Waals surface area contributed by atoms with Crippen molar-refractivity contribution in [1.82, 2.24) is 19.4 Å². The predicted molar refractivity (Wildman–Crippen MR) is 110 cm³/mol. The standard InChI is InChI=1S/C23H26N4O2/c1-25-9-10-26-15-19-13-24-16-27(19)14-17-5-4-7-20(11-17)29-22-8-3-2-6-18(22)12-21(26)23(25)28/h2-3,5-6,8,11,13,16,21H,4,7,9-10,12,14-15H2,1H3. The van der Waals surface area contributed by atoms with Gasteiger partial charge in [-0.25, -0.2) is 4.98 Å². The number of imidazole rings is 1. The van der Waals surface area contributed by atoms with E-state index in [0.29, 0.717) is 6.42 Å². The van der Waals surface area contributed by atoms with Gasteiger partial charge in [0.1, 0.15) is 11.5 Å². The van der Waals surface area contributed by atoms with Crippen molar-refractivity contribution < 1.29 is 9.53 Å². The van der Waals surface area contributed by atoms with Gasteiger partial charge < -0.3 is 14.2 Å². The van der Waals surface area contributed by atoms with Crippen molar-refractivity contribution in [3.05, 3.63) is 71.5 Å². The SMILES string of the molecule is CN1CCN2Cc3cncn3CC3=CCCC(=C3)Oc3ccccc3CC2C1=O. The van der Waals surface area contributed by atoms with Crippen LogP contribution in [0, 0.1) is 0 Å². The predicted octanol–water partition coefficient (Wildman–Crippen LogP) is 2.76. The maximum atomic E-state index is 13.1. The lowest BCUT2D eigenvalue weighted by Crippen LogP contribution is -2.56. The van der Waals surface area contributed by atoms with Crippen LogP contribution in [0.4, 0.5) is 0 Å². The lowest BCUT2D eigenvalue weighted by molar-refractivity contribution is -0.140. The molecule has 1 atom stereocenters. The summed E-state index contributed by atoms with van der Waals surface area (Å²) in [5.74, 6) is 2.02. The minimum Gasteiger partial charge on any atom is -0.461 e. The highest BCUT2D eigenvalue weighted by atomic mass is 16.5. The Labute approximate surface area is 171 Å². The minimum atomic E-state index is -0.199. The number of carbonyl (C=O) groups is 1. The Morgan fingerprint density at radius 2 is 2.07 bits per heavy atom. The van der Waals surface area contributed by atoms with Crippen molar-refractivity contribution in [2.45, 2.75) is 38.4 Å². The van der Waals surface area contributed by atoms with E-state index in [4.69, 9.17) is 4.74 Å². The van der Waals surface area contributed by atoms with Crippen LogP contribution >= 0.6 is 0 Å². The summed E-state index contributed by atoms with van der Waals surface area (Å²) < 4.78 is 8.53. The molecule has 29 heavy (non-hydrogen) atoms. The molecule has 5 rings (SSSR count). The molecule has 1 amide bonds. The second-order valence-electron chi connectivity index (χ2n) is 8.10. The Balaban J connectivity index is 1.58. The van der Waals surface area contributed by atoms with Gasteiger partial charge in [0, 0.05) is 52.3 Å². The number of benzene rings is 1. The van der Waals surface area contributed by atoms with E-state index < -0.39 is 0 Å². The van der Waals surface area contributed by atoms with Crippen LogP contribution in [-0.2, 0) is 24.3 Å². The van der Waals surface area contributed by atoms with Crippen LogP contribution in [-0.4, -0.2) is 51.4 Å². The van der Waals surface area contributed by atoms with Crippen LogP contribution in [0.25, 0.3) is 0 Å². The summed E-state index contributed by atoms with van der Waals surface area (Å²) in [5, 5.41) is 0. The third-order valence-electron chi connectivity index (χ3n) is 6.11. The first kappa shape index (κ1) is 18.2. The highest BCUT2D eigenvalue weighted by Crippen LogP contribution is 2.29. The molecule has 1 fully saturated rings. The van der Waals surface area contributed by atoms with E-state index in [-0.39, 0.29) is 11.9 Å². The summed E-state index contributed by atoms with van der Waals surface area (Å²) in [4.78, 5) is 21.6. The number of hydrogen-bond acceptors (Lipinski definition) is 4. The molecule has 6 heteroatoms. The van der Waals surface area contributed by atoms with Gasteiger partial charge in [-0.05, 0) is 29.7 Å². The third-order valence-corrected chi connectivity index (χ3v) is 6.11. The number of piperazine rings is 1. The first-order valence-corrected chi connectivity index (χ1v) is 10.3. The van der Waals surface area contributed by atoms with Crippen molar-refractivity contribution in [1.29, 1.82) is 0 Å². The van der Waals surface area contributed by atoms with Gasteiger partial charge in [0.2, 0.25) is 5.91 Å². The first-order valence-electron chi connectivity index (χ1n) is 10.3. The summed E-state index contributed by atoms with van der Waals surface area (Å²) in [6, 6.07) is 7.93. The number of likely N-dealkylation sites (N-methyl/N-ethyl adjacent to an activating group) is 1. The van der Waals surface area contributed by atoms with Crippen molar-refractivity contribution in [2.75, 3.05) is 20.1 Å². The highest BCUT2D eigenvalue weighted by Gasteiger charge is 2.34. The number of aromatic nitrogens is 2. The Morgan fingerprint density at radius 3 is 3.00 bits per heavy atom. The average molecular weight is 390 g/mol. The molecule has 2 aliphatic heterocycles. The number of amides is 1. The van der Waals surface area contributed by atoms with Gasteiger partial charge >= 0.3 is 0 Å². The Bertz CT molecular complexity index is 990. The number of ether oxygens (including phenoxy) is 1. The number of carbonyl (C=O) groups excluding carboxylic acids is 1. The van der Waals surface area contributed by atoms with E-state index in [2.05, 4.69) is 32.7 Å². The fourth-order valence-electron chi connectivity index (χ4n) is 4.44. The van der Waals surface area contributed by atoms with Gasteiger partial charge in [-0.1, -0.05) is 24.3 Å². The molecular weight excluding hydrogens is 364 g/mol. The molecule has 2 aromatic rings. The molecular formula is C23H26N4O2. The lowest BCUT2D eigenvalue weighted by Gasteiger charge is -2.39. The molecule has 0 radical (unpaired) electrons. The zero-order valence-corrected chi connectivity index (χ0v) is 16.8. The summed E-state index contributed by atoms with van der Waals surface area (Å²) in [6.45, 7) is 3.10. The van der Waals surface area contributed by atoms with Crippen molar-refractivity contribution >= 4 is 5.91 Å². The fourth-order valence-corrected chi connectivity index (χ4v) is 4.44. The van der Waals surface area contributed by atoms with Crippen LogP contribution in [0.2, 0.25) is 0 Å². The normalized spacial score (nSPS) is 22.6. The molecule has 1 aliphatic carbocycles. The lowest BCUT2D eigenvalue weighted by atomic mass is 10.00. The average Bonchev–Trinajstić information content (AvgIpc) is 3.15. The van der Waals surface area contributed by atoms with Gasteiger partial charge in [-0.3, -0.25) is 9.69 Å². The van der Waals surface area contributed by atoms with E-state index in [0.717, 1.165) is 61.8 Å². The Hall–Kier alpha value is -2.86. The monoisotopic (exact) mass is 390 g/mol. The van der Waals surface area contributed by atoms with E-state index in [1.54, 1.807) is 0 Å². The molecule has 0 saturated carbocycles. The minimum absolute atomic E-state index is 0.174. The number of hydrogen-bond donors (Lipinski definition) is 0. The zero-order chi connectivity index (χ0) is 19.8. The topological polar surface area (TPSA) is 50.6 Å². The molecule has 0 N–H and O–H groups in total. The molecule has 3 heterocycles. The molecule has 1 aromatic heterocycles. The van der Waals surface area contributed by atoms with E-state index in [1.165, 1.54) is 5.57 Å². The summed E-state index contributed by atoms with van der Waals surface area (Å²) >= 11 is 0. The maximum Gasteiger partial charge on any atom is 0.240 e. The van der Waals surface area contributed by atoms with Gasteiger partial charge in [-0.2, -0.15) is 0 Å². The Kier molecular flexibility index (Phi) is 4.72. The smallest absolute Gasteiger partial charge is 0.240 e. The third kappa shape index (κ3) is 3.60. The summed E-state index contributed by atoms with van der Waals surface area (Å²) in [6.07, 6.45) is 10.8. The van der Waals surface area contributed by atoms with E-state index in [1.807, 2.05) is 42.7 Å². The van der Waals surface area contributed by atoms with Crippen LogP contribution in [0.1, 0.15) is 24.1 Å². The number of rotatable bonds is 0. The van der Waals surface area contributed by atoms with E-state index >= 15 is 0 Å². The molecule has 1 aromatic carbocycles. The van der Waals surface area contributed by atoms with Crippen LogP contribution < -0.4 is 4.74 Å². The van der Waals surface area contributed by atoms with Crippen molar-refractivity contribution in [3.8, 4) is 5.75 Å². The van der Waals surface area contributed by atoms with Gasteiger partial charge in [0.05, 0.1) is 18.1 Å². The van der Waals surface area contributed by atoms with Gasteiger partial charge in [-0.15, -0.1) is 0 Å². The van der Waals surface area contributed by atoms with Crippen LogP contribution in [0.15, 0.2) is 60.3 Å². The highest BCUT2D eigenvalue weighted by molar-refractivity contribution is 5.83. The second-order valence-corrected chi connectivity index (χ2v) is 8.10. The largest absolute Gasteiger partial charge is 0.461 e. The molecule has 150 valence electrons. The number of fused-ring (bicyclic) bond motifs is 4. The molecule has 0 spiro atoms. The Morgan fingerprint density at radius 1 is 1.17 bits per heavy atom. The van der Waals surface area contributed by atoms with Crippen LogP contribution in [0.5, 0.6) is 5.75 Å². The van der Waals surface area contributed by atoms with Crippen molar-refractivity contribution in [3.63, 3.8) is 0 Å². The van der Waals surface area contributed by atoms with Crippen molar-refractivity contribution in [2.24, 2.45) is 0 Å². The van der Waals surface area contributed by atoms with Gasteiger partial charge in [0.25, 0.3) is 0 Å². The summed E-state index contributed by atoms with van der Waals surface area (Å²) in [5.41, 5.74) is 3.46. The zero-order valence-electron chi connectivity index (χ0n) is 16.8. The molecule has 1 saturated heterocycles. The summed E-state index contributed by atoms with van der Waals surface area (Å²) in [7, 11) is 1.90. The quantitative estimate of drug-likeness (QED) is 0.694. The molecule has 1 unspecified atom stereocenters. The molecule has 3 aliphatic rings. The number of allylic oxidation sites excluding steroid dienone is 4.